The summed E-state index contributed by atoms with van der Waals surface area (Å²) in [7, 11) is 4.89. The molecule has 28 heavy (non-hydrogen) atoms. The van der Waals surface area contributed by atoms with E-state index >= 15 is 0 Å². The van der Waals surface area contributed by atoms with E-state index in [4.69, 9.17) is 18.9 Å². The van der Waals surface area contributed by atoms with Crippen LogP contribution in [0.2, 0.25) is 0 Å². The van der Waals surface area contributed by atoms with Gasteiger partial charge in [-0.3, -0.25) is 4.79 Å². The summed E-state index contributed by atoms with van der Waals surface area (Å²) in [6.45, 7) is 0.890. The van der Waals surface area contributed by atoms with Crippen molar-refractivity contribution >= 4 is 5.91 Å². The molecule has 0 heterocycles. The van der Waals surface area contributed by atoms with Gasteiger partial charge in [-0.25, -0.2) is 0 Å². The Labute approximate surface area is 165 Å². The second-order valence-electron chi connectivity index (χ2n) is 6.72. The van der Waals surface area contributed by atoms with Crippen molar-refractivity contribution in [1.29, 1.82) is 0 Å². The van der Waals surface area contributed by atoms with E-state index in [-0.39, 0.29) is 11.8 Å². The van der Waals surface area contributed by atoms with Crippen LogP contribution in [0.1, 0.15) is 29.9 Å². The quantitative estimate of drug-likeness (QED) is 0.671. The van der Waals surface area contributed by atoms with Crippen molar-refractivity contribution in [3.63, 3.8) is 0 Å². The number of carbonyl (C=O) groups excluding carboxylic acids is 1. The van der Waals surface area contributed by atoms with Gasteiger partial charge in [-0.1, -0.05) is 0 Å². The average molecular weight is 385 g/mol. The summed E-state index contributed by atoms with van der Waals surface area (Å²) < 4.78 is 21.5. The largest absolute Gasteiger partial charge is 0.497 e. The molecule has 0 saturated heterocycles. The SMILES string of the molecule is COc1ccc(OCCNC(=O)CC2CCc3cc(OC)c(OC)cc32)cc1. The van der Waals surface area contributed by atoms with Crippen LogP contribution in [-0.2, 0) is 11.2 Å². The maximum Gasteiger partial charge on any atom is 0.220 e. The minimum atomic E-state index is 0.0333. The molecule has 1 N–H and O–H groups in total. The van der Waals surface area contributed by atoms with Crippen molar-refractivity contribution < 1.29 is 23.7 Å². The predicted molar refractivity (Wildman–Crippen MR) is 107 cm³/mol. The number of benzene rings is 2. The third-order valence-electron chi connectivity index (χ3n) is 5.03. The fourth-order valence-electron chi connectivity index (χ4n) is 3.56. The molecular formula is C22H27NO5. The summed E-state index contributed by atoms with van der Waals surface area (Å²) in [5.74, 6) is 3.22. The fraction of sp³-hybridized carbons (Fsp3) is 0.409. The van der Waals surface area contributed by atoms with Gasteiger partial charge >= 0.3 is 0 Å². The predicted octanol–water partition coefficient (Wildman–Crippen LogP) is 3.33. The first-order valence-electron chi connectivity index (χ1n) is 9.43. The molecule has 0 radical (unpaired) electrons. The number of carbonyl (C=O) groups is 1. The molecule has 1 atom stereocenters. The number of hydrogen-bond donors (Lipinski definition) is 1. The summed E-state index contributed by atoms with van der Waals surface area (Å²) >= 11 is 0. The van der Waals surface area contributed by atoms with Crippen molar-refractivity contribution in [2.24, 2.45) is 0 Å². The number of methoxy groups -OCH3 is 3. The minimum absolute atomic E-state index is 0.0333. The first-order valence-corrected chi connectivity index (χ1v) is 9.43. The lowest BCUT2D eigenvalue weighted by atomic mass is 9.97. The van der Waals surface area contributed by atoms with Crippen molar-refractivity contribution in [2.75, 3.05) is 34.5 Å². The monoisotopic (exact) mass is 385 g/mol. The van der Waals surface area contributed by atoms with Crippen molar-refractivity contribution in [3.8, 4) is 23.0 Å². The zero-order valence-electron chi connectivity index (χ0n) is 16.6. The van der Waals surface area contributed by atoms with Crippen LogP contribution in [0.5, 0.6) is 23.0 Å². The highest BCUT2D eigenvalue weighted by Crippen LogP contribution is 2.41. The Morgan fingerprint density at radius 2 is 1.68 bits per heavy atom. The van der Waals surface area contributed by atoms with Crippen LogP contribution >= 0.6 is 0 Å². The number of aryl methyl sites for hydroxylation is 1. The Morgan fingerprint density at radius 3 is 2.36 bits per heavy atom. The molecule has 2 aromatic carbocycles. The molecule has 0 bridgehead atoms. The van der Waals surface area contributed by atoms with E-state index in [1.165, 1.54) is 11.1 Å². The Bertz CT molecular complexity index is 803. The van der Waals surface area contributed by atoms with E-state index in [2.05, 4.69) is 5.32 Å². The van der Waals surface area contributed by atoms with Crippen LogP contribution in [0.15, 0.2) is 36.4 Å². The van der Waals surface area contributed by atoms with Crippen molar-refractivity contribution in [1.82, 2.24) is 5.32 Å². The van der Waals surface area contributed by atoms with E-state index in [1.54, 1.807) is 21.3 Å². The Balaban J connectivity index is 1.47. The zero-order chi connectivity index (χ0) is 19.9. The molecule has 6 heteroatoms. The summed E-state index contributed by atoms with van der Waals surface area (Å²) in [5, 5.41) is 2.94. The van der Waals surface area contributed by atoms with Crippen LogP contribution in [0.3, 0.4) is 0 Å². The van der Waals surface area contributed by atoms with Gasteiger partial charge in [-0.05, 0) is 66.3 Å². The average Bonchev–Trinajstić information content (AvgIpc) is 3.12. The fourth-order valence-corrected chi connectivity index (χ4v) is 3.56. The van der Waals surface area contributed by atoms with E-state index in [0.29, 0.717) is 25.3 Å². The Morgan fingerprint density at radius 1 is 1.00 bits per heavy atom. The van der Waals surface area contributed by atoms with Gasteiger partial charge in [-0.2, -0.15) is 0 Å². The Kier molecular flexibility index (Phi) is 6.63. The van der Waals surface area contributed by atoms with Gasteiger partial charge in [0.15, 0.2) is 11.5 Å². The minimum Gasteiger partial charge on any atom is -0.497 e. The third-order valence-corrected chi connectivity index (χ3v) is 5.03. The molecule has 3 rings (SSSR count). The molecule has 2 aromatic rings. The number of amides is 1. The van der Waals surface area contributed by atoms with Crippen molar-refractivity contribution in [3.05, 3.63) is 47.5 Å². The molecule has 0 spiro atoms. The number of ether oxygens (including phenoxy) is 4. The van der Waals surface area contributed by atoms with Crippen LogP contribution in [0.25, 0.3) is 0 Å². The molecule has 0 aliphatic heterocycles. The maximum absolute atomic E-state index is 12.3. The molecule has 0 aromatic heterocycles. The highest BCUT2D eigenvalue weighted by Gasteiger charge is 2.26. The second-order valence-corrected chi connectivity index (χ2v) is 6.72. The number of rotatable bonds is 9. The van der Waals surface area contributed by atoms with E-state index in [0.717, 1.165) is 30.1 Å². The van der Waals surface area contributed by atoms with Gasteiger partial charge < -0.3 is 24.3 Å². The van der Waals surface area contributed by atoms with Gasteiger partial charge in [0, 0.05) is 6.42 Å². The van der Waals surface area contributed by atoms with Crippen LogP contribution in [0.4, 0.5) is 0 Å². The smallest absolute Gasteiger partial charge is 0.220 e. The number of fused-ring (bicyclic) bond motifs is 1. The van der Waals surface area contributed by atoms with Crippen molar-refractivity contribution in [2.45, 2.75) is 25.2 Å². The van der Waals surface area contributed by atoms with Gasteiger partial charge in [0.1, 0.15) is 18.1 Å². The summed E-state index contributed by atoms with van der Waals surface area (Å²) in [4.78, 5) is 12.3. The molecule has 150 valence electrons. The Hall–Kier alpha value is -2.89. The molecule has 0 fully saturated rings. The second kappa shape index (κ2) is 9.35. The van der Waals surface area contributed by atoms with Gasteiger partial charge in [-0.15, -0.1) is 0 Å². The molecular weight excluding hydrogens is 358 g/mol. The lowest BCUT2D eigenvalue weighted by Crippen LogP contribution is -2.29. The molecule has 6 nitrogen and oxygen atoms in total. The first-order chi connectivity index (χ1) is 13.6. The summed E-state index contributed by atoms with van der Waals surface area (Å²) in [6.07, 6.45) is 2.38. The lowest BCUT2D eigenvalue weighted by molar-refractivity contribution is -0.121. The third kappa shape index (κ3) is 4.68. The highest BCUT2D eigenvalue weighted by molar-refractivity contribution is 5.77. The molecule has 1 aliphatic carbocycles. The lowest BCUT2D eigenvalue weighted by Gasteiger charge is -2.15. The van der Waals surface area contributed by atoms with Gasteiger partial charge in [0.2, 0.25) is 5.91 Å². The van der Waals surface area contributed by atoms with Crippen LogP contribution < -0.4 is 24.3 Å². The highest BCUT2D eigenvalue weighted by atomic mass is 16.5. The standard InChI is InChI=1S/C22H27NO5/c1-25-17-6-8-18(9-7-17)28-11-10-23-22(24)13-16-5-4-15-12-20(26-2)21(27-3)14-19(15)16/h6-9,12,14,16H,4-5,10-11,13H2,1-3H3,(H,23,24). The van der Waals surface area contributed by atoms with Gasteiger partial charge in [0.05, 0.1) is 27.9 Å². The summed E-state index contributed by atoms with van der Waals surface area (Å²) in [5.41, 5.74) is 2.42. The molecule has 1 aliphatic rings. The summed E-state index contributed by atoms with van der Waals surface area (Å²) in [6, 6.07) is 11.4. The normalized spacial score (nSPS) is 14.9. The molecule has 1 amide bonds. The molecule has 0 saturated carbocycles. The number of nitrogens with one attached hydrogen (secondary N) is 1. The van der Waals surface area contributed by atoms with Gasteiger partial charge in [0.25, 0.3) is 0 Å². The van der Waals surface area contributed by atoms with E-state index in [9.17, 15) is 4.79 Å². The van der Waals surface area contributed by atoms with E-state index in [1.807, 2.05) is 36.4 Å². The number of hydrogen-bond acceptors (Lipinski definition) is 5. The zero-order valence-corrected chi connectivity index (χ0v) is 16.6. The molecule has 1 unspecified atom stereocenters. The topological polar surface area (TPSA) is 66.0 Å². The van der Waals surface area contributed by atoms with Crippen LogP contribution in [-0.4, -0.2) is 40.4 Å². The van der Waals surface area contributed by atoms with E-state index < -0.39 is 0 Å². The van der Waals surface area contributed by atoms with Crippen LogP contribution in [0, 0.1) is 0 Å². The first kappa shape index (κ1) is 19.9. The maximum atomic E-state index is 12.3.